The van der Waals surface area contributed by atoms with E-state index in [0.717, 1.165) is 67.5 Å². The van der Waals surface area contributed by atoms with Gasteiger partial charge in [-0.3, -0.25) is 9.69 Å². The molecule has 6 rings (SSSR count). The zero-order valence-electron chi connectivity index (χ0n) is 21.7. The maximum absolute atomic E-state index is 14.8. The zero-order chi connectivity index (χ0) is 25.7. The third kappa shape index (κ3) is 3.86. The number of carbonyl (C=O) groups excluding carboxylic acids is 1. The summed E-state index contributed by atoms with van der Waals surface area (Å²) in [5.41, 5.74) is 3.63. The fraction of sp³-hybridized carbons (Fsp3) is 0.500. The summed E-state index contributed by atoms with van der Waals surface area (Å²) in [5.74, 6) is 1.06. The molecule has 1 unspecified atom stereocenters. The van der Waals surface area contributed by atoms with E-state index in [1.807, 2.05) is 24.3 Å². The van der Waals surface area contributed by atoms with Gasteiger partial charge in [-0.25, -0.2) is 4.39 Å². The molecule has 3 aromatic rings. The lowest BCUT2D eigenvalue weighted by atomic mass is 9.63. The fourth-order valence-corrected chi connectivity index (χ4v) is 7.05. The molecule has 6 nitrogen and oxygen atoms in total. The number of aromatic nitrogens is 1. The summed E-state index contributed by atoms with van der Waals surface area (Å²) in [6, 6.07) is 12.8. The van der Waals surface area contributed by atoms with Crippen LogP contribution < -0.4 is 4.74 Å². The third-order valence-electron chi connectivity index (χ3n) is 9.47. The second-order valence-electron chi connectivity index (χ2n) is 11.1. The number of piperidine rings is 1. The van der Waals surface area contributed by atoms with Crippen molar-refractivity contribution in [3.8, 4) is 5.75 Å². The van der Waals surface area contributed by atoms with Crippen molar-refractivity contribution in [3.05, 3.63) is 65.1 Å². The highest BCUT2D eigenvalue weighted by Gasteiger charge is 2.52. The van der Waals surface area contributed by atoms with E-state index in [-0.39, 0.29) is 35.8 Å². The van der Waals surface area contributed by atoms with Crippen molar-refractivity contribution in [1.82, 2.24) is 14.8 Å². The van der Waals surface area contributed by atoms with Crippen molar-refractivity contribution >= 4 is 16.8 Å². The number of nitrogens with zero attached hydrogens (tertiary/aromatic N) is 2. The normalized spacial score (nSPS) is 23.7. The number of likely N-dealkylation sites (tertiary alicyclic amines) is 1. The van der Waals surface area contributed by atoms with Crippen LogP contribution in [0.1, 0.15) is 61.9 Å². The quantitative estimate of drug-likeness (QED) is 0.517. The number of H-pyrrole nitrogens is 1. The Balaban J connectivity index is 1.44. The minimum Gasteiger partial charge on any atom is -0.497 e. The van der Waals surface area contributed by atoms with E-state index >= 15 is 0 Å². The van der Waals surface area contributed by atoms with E-state index in [1.54, 1.807) is 13.2 Å². The first-order valence-electron chi connectivity index (χ1n) is 13.6. The molecular weight excluding hydrogens is 469 g/mol. The standard InChI is InChI=1S/C30H36FN3O3/c1-19-30(12-14-33(15-13-30)29(36)20-7-5-8-20)27-23-11-10-22(37-2)16-25(23)32-28(27)26(18-35)34(19)17-21-6-3-4-9-24(21)31/h3-4,6,9-11,16,19-20,26,32,35H,5,7-8,12-15,17-18H2,1-2H3/t19-,26?/m0/s1. The van der Waals surface area contributed by atoms with Crippen LogP contribution in [-0.4, -0.2) is 58.6 Å². The molecule has 0 radical (unpaired) electrons. The molecule has 3 heterocycles. The average molecular weight is 506 g/mol. The highest BCUT2D eigenvalue weighted by molar-refractivity contribution is 5.88. The van der Waals surface area contributed by atoms with Gasteiger partial charge in [0.2, 0.25) is 5.91 Å². The van der Waals surface area contributed by atoms with Gasteiger partial charge in [-0.2, -0.15) is 0 Å². The highest BCUT2D eigenvalue weighted by Crippen LogP contribution is 2.53. The first-order chi connectivity index (χ1) is 18.0. The molecule has 2 aromatic carbocycles. The minimum absolute atomic E-state index is 0.0406. The number of amides is 1. The molecule has 1 aromatic heterocycles. The van der Waals surface area contributed by atoms with Gasteiger partial charge >= 0.3 is 0 Å². The topological polar surface area (TPSA) is 68.8 Å². The van der Waals surface area contributed by atoms with Crippen molar-refractivity contribution < 1.29 is 19.0 Å². The van der Waals surface area contributed by atoms with E-state index in [4.69, 9.17) is 4.74 Å². The number of aliphatic hydroxyl groups excluding tert-OH is 1. The van der Waals surface area contributed by atoms with Crippen molar-refractivity contribution in [2.24, 2.45) is 5.92 Å². The number of halogens is 1. The van der Waals surface area contributed by atoms with E-state index in [9.17, 15) is 14.3 Å². The number of hydrogen-bond acceptors (Lipinski definition) is 4. The molecule has 2 N–H and O–H groups in total. The van der Waals surface area contributed by atoms with Crippen molar-refractivity contribution in [2.45, 2.75) is 63.1 Å². The van der Waals surface area contributed by atoms with Crippen LogP contribution in [0.3, 0.4) is 0 Å². The molecule has 2 atom stereocenters. The lowest BCUT2D eigenvalue weighted by Crippen LogP contribution is -2.59. The van der Waals surface area contributed by atoms with Gasteiger partial charge in [0.05, 0.1) is 19.8 Å². The van der Waals surface area contributed by atoms with Gasteiger partial charge in [-0.05, 0) is 56.4 Å². The molecule has 2 aliphatic heterocycles. The highest BCUT2D eigenvalue weighted by atomic mass is 19.1. The monoisotopic (exact) mass is 505 g/mol. The Morgan fingerprint density at radius 1 is 1.19 bits per heavy atom. The van der Waals surface area contributed by atoms with E-state index in [0.29, 0.717) is 18.0 Å². The predicted molar refractivity (Wildman–Crippen MR) is 141 cm³/mol. The molecule has 1 amide bonds. The summed E-state index contributed by atoms with van der Waals surface area (Å²) in [6.45, 7) is 4.00. The van der Waals surface area contributed by atoms with Gasteiger partial charge in [0.1, 0.15) is 11.6 Å². The summed E-state index contributed by atoms with van der Waals surface area (Å²) in [6.07, 6.45) is 4.86. The average Bonchev–Trinajstić information content (AvgIpc) is 3.27. The number of rotatable bonds is 5. The summed E-state index contributed by atoms with van der Waals surface area (Å²) in [7, 11) is 1.66. The Kier molecular flexibility index (Phi) is 6.24. The van der Waals surface area contributed by atoms with E-state index in [1.165, 1.54) is 11.6 Å². The van der Waals surface area contributed by atoms with Gasteiger partial charge in [0.15, 0.2) is 0 Å². The van der Waals surface area contributed by atoms with Crippen LogP contribution in [0.15, 0.2) is 42.5 Å². The van der Waals surface area contributed by atoms with Crippen molar-refractivity contribution in [1.29, 1.82) is 0 Å². The molecule has 1 saturated carbocycles. The molecule has 0 bridgehead atoms. The Labute approximate surface area is 217 Å². The molecule has 3 aliphatic rings. The van der Waals surface area contributed by atoms with Gasteiger partial charge < -0.3 is 19.7 Å². The largest absolute Gasteiger partial charge is 0.497 e. The van der Waals surface area contributed by atoms with Crippen LogP contribution in [0.2, 0.25) is 0 Å². The van der Waals surface area contributed by atoms with Gasteiger partial charge in [0.25, 0.3) is 0 Å². The lowest BCUT2D eigenvalue weighted by molar-refractivity contribution is -0.140. The van der Waals surface area contributed by atoms with E-state index < -0.39 is 0 Å². The number of fused-ring (bicyclic) bond motifs is 4. The predicted octanol–water partition coefficient (Wildman–Crippen LogP) is 4.91. The minimum atomic E-state index is -0.289. The Morgan fingerprint density at radius 3 is 2.59 bits per heavy atom. The van der Waals surface area contributed by atoms with Crippen molar-refractivity contribution in [3.63, 3.8) is 0 Å². The van der Waals surface area contributed by atoms with Crippen LogP contribution in [0.4, 0.5) is 4.39 Å². The van der Waals surface area contributed by atoms with Gasteiger partial charge in [-0.15, -0.1) is 0 Å². The molecular formula is C30H36FN3O3. The SMILES string of the molecule is COc1ccc2c3c([nH]c2c1)C(CO)N(Cc1ccccc1F)[C@@H](C)C31CCN(C(=O)C2CCC2)CC1. The first kappa shape index (κ1) is 24.4. The maximum Gasteiger partial charge on any atom is 0.225 e. The van der Waals surface area contributed by atoms with Crippen LogP contribution in [0.5, 0.6) is 5.75 Å². The molecule has 37 heavy (non-hydrogen) atoms. The third-order valence-corrected chi connectivity index (χ3v) is 9.47. The number of aromatic amines is 1. The van der Waals surface area contributed by atoms with E-state index in [2.05, 4.69) is 27.8 Å². The van der Waals surface area contributed by atoms with Crippen LogP contribution in [0.25, 0.3) is 10.9 Å². The number of aliphatic hydroxyl groups is 1. The number of hydrogen-bond donors (Lipinski definition) is 2. The molecule has 7 heteroatoms. The number of benzene rings is 2. The Morgan fingerprint density at radius 2 is 1.95 bits per heavy atom. The van der Waals surface area contributed by atoms with Gasteiger partial charge in [0, 0.05) is 65.2 Å². The van der Waals surface area contributed by atoms with Crippen LogP contribution in [0, 0.1) is 11.7 Å². The number of carbonyl (C=O) groups is 1. The second-order valence-corrected chi connectivity index (χ2v) is 11.1. The molecule has 196 valence electrons. The maximum atomic E-state index is 14.8. The Bertz CT molecular complexity index is 1310. The smallest absolute Gasteiger partial charge is 0.225 e. The fourth-order valence-electron chi connectivity index (χ4n) is 7.05. The zero-order valence-corrected chi connectivity index (χ0v) is 21.7. The second kappa shape index (κ2) is 9.44. The summed E-state index contributed by atoms with van der Waals surface area (Å²) < 4.78 is 20.3. The molecule has 1 aliphatic carbocycles. The molecule has 2 fully saturated rings. The first-order valence-corrected chi connectivity index (χ1v) is 13.6. The van der Waals surface area contributed by atoms with Gasteiger partial charge in [-0.1, -0.05) is 24.6 Å². The molecule has 1 saturated heterocycles. The summed E-state index contributed by atoms with van der Waals surface area (Å²) in [5, 5.41) is 11.8. The Hall–Kier alpha value is -2.90. The van der Waals surface area contributed by atoms with Crippen LogP contribution in [-0.2, 0) is 16.8 Å². The lowest BCUT2D eigenvalue weighted by Gasteiger charge is -2.55. The summed E-state index contributed by atoms with van der Waals surface area (Å²) in [4.78, 5) is 21.0. The molecule has 1 spiro atoms. The van der Waals surface area contributed by atoms with Crippen molar-refractivity contribution in [2.75, 3.05) is 26.8 Å². The number of methoxy groups -OCH3 is 1. The number of nitrogens with one attached hydrogen (secondary N) is 1. The number of ether oxygens (including phenoxy) is 1. The van der Waals surface area contributed by atoms with Crippen LogP contribution >= 0.6 is 0 Å². The summed E-state index contributed by atoms with van der Waals surface area (Å²) >= 11 is 0.